The molecule has 2 aromatic heterocycles. The van der Waals surface area contributed by atoms with Gasteiger partial charge in [-0.15, -0.1) is 0 Å². The molecule has 3 aromatic rings. The standard InChI is InChI=1S/C25H25Cl2N3O4/c1-34-25(33)16-7-8-18(28-13-16)12-22(31)21(9-15-5-3-2-4-6-15)30-14-29-23-19(24(30)32)10-17(26)11-20(23)27/h7-8,10-11,13-15,21H,2-6,9,12H2,1H3. The molecule has 7 nitrogen and oxygen atoms in total. The van der Waals surface area contributed by atoms with Crippen LogP contribution in [0.4, 0.5) is 0 Å². The van der Waals surface area contributed by atoms with E-state index in [2.05, 4.69) is 9.97 Å². The van der Waals surface area contributed by atoms with Crippen LogP contribution in [0, 0.1) is 5.92 Å². The Labute approximate surface area is 207 Å². The molecule has 1 saturated carbocycles. The highest BCUT2D eigenvalue weighted by Crippen LogP contribution is 2.32. The first kappa shape index (κ1) is 24.4. The van der Waals surface area contributed by atoms with Crippen molar-refractivity contribution in [2.75, 3.05) is 7.11 Å². The number of fused-ring (bicyclic) bond motifs is 1. The van der Waals surface area contributed by atoms with E-state index < -0.39 is 12.0 Å². The van der Waals surface area contributed by atoms with Gasteiger partial charge in [-0.1, -0.05) is 55.3 Å². The number of hydrogen-bond acceptors (Lipinski definition) is 6. The Hall–Kier alpha value is -2.77. The lowest BCUT2D eigenvalue weighted by Gasteiger charge is -2.27. The summed E-state index contributed by atoms with van der Waals surface area (Å²) >= 11 is 12.4. The summed E-state index contributed by atoms with van der Waals surface area (Å²) in [7, 11) is 1.30. The normalized spacial score (nSPS) is 15.3. The molecule has 9 heteroatoms. The minimum absolute atomic E-state index is 0.0274. The molecule has 34 heavy (non-hydrogen) atoms. The third kappa shape index (κ3) is 5.31. The zero-order chi connectivity index (χ0) is 24.2. The third-order valence-corrected chi connectivity index (χ3v) is 6.90. The molecule has 178 valence electrons. The van der Waals surface area contributed by atoms with Gasteiger partial charge in [0.05, 0.1) is 47.4 Å². The molecule has 1 atom stereocenters. The average Bonchev–Trinajstić information content (AvgIpc) is 2.84. The number of benzene rings is 1. The Balaban J connectivity index is 1.68. The molecule has 1 unspecified atom stereocenters. The summed E-state index contributed by atoms with van der Waals surface area (Å²) in [5.41, 5.74) is 0.828. The topological polar surface area (TPSA) is 91.2 Å². The monoisotopic (exact) mass is 501 g/mol. The molecule has 4 rings (SSSR count). The maximum absolute atomic E-state index is 13.5. The summed E-state index contributed by atoms with van der Waals surface area (Å²) < 4.78 is 6.10. The van der Waals surface area contributed by atoms with Crippen LogP contribution in [0.5, 0.6) is 0 Å². The van der Waals surface area contributed by atoms with Crippen LogP contribution in [0.1, 0.15) is 60.6 Å². The van der Waals surface area contributed by atoms with Gasteiger partial charge in [-0.3, -0.25) is 19.1 Å². The minimum atomic E-state index is -0.688. The molecule has 0 aliphatic heterocycles. The number of rotatable bonds is 7. The highest BCUT2D eigenvalue weighted by Gasteiger charge is 2.28. The van der Waals surface area contributed by atoms with Crippen molar-refractivity contribution in [3.8, 4) is 0 Å². The second kappa shape index (κ2) is 10.7. The Kier molecular flexibility index (Phi) is 7.63. The lowest BCUT2D eigenvalue weighted by molar-refractivity contribution is -0.122. The number of nitrogens with zero attached hydrogens (tertiary/aromatic N) is 3. The van der Waals surface area contributed by atoms with Crippen molar-refractivity contribution in [1.82, 2.24) is 14.5 Å². The first-order chi connectivity index (χ1) is 16.4. The Morgan fingerprint density at radius 2 is 1.91 bits per heavy atom. The van der Waals surface area contributed by atoms with E-state index in [0.717, 1.165) is 25.7 Å². The molecule has 0 bridgehead atoms. The molecule has 1 aliphatic rings. The van der Waals surface area contributed by atoms with Gasteiger partial charge in [-0.25, -0.2) is 9.78 Å². The fourth-order valence-electron chi connectivity index (χ4n) is 4.60. The molecule has 1 aromatic carbocycles. The van der Waals surface area contributed by atoms with Crippen molar-refractivity contribution in [1.29, 1.82) is 0 Å². The Morgan fingerprint density at radius 3 is 2.59 bits per heavy atom. The lowest BCUT2D eigenvalue weighted by Crippen LogP contribution is -2.33. The van der Waals surface area contributed by atoms with Crippen LogP contribution in [0.25, 0.3) is 10.9 Å². The van der Waals surface area contributed by atoms with Gasteiger partial charge in [0.15, 0.2) is 5.78 Å². The van der Waals surface area contributed by atoms with Crippen LogP contribution in [-0.4, -0.2) is 33.4 Å². The number of esters is 1. The van der Waals surface area contributed by atoms with Gasteiger partial charge in [0.25, 0.3) is 5.56 Å². The molecule has 0 amide bonds. The molecular formula is C25H25Cl2N3O4. The number of aromatic nitrogens is 3. The maximum Gasteiger partial charge on any atom is 0.339 e. The molecular weight excluding hydrogens is 477 g/mol. The van der Waals surface area contributed by atoms with E-state index in [9.17, 15) is 14.4 Å². The van der Waals surface area contributed by atoms with Gasteiger partial charge in [-0.2, -0.15) is 0 Å². The largest absolute Gasteiger partial charge is 0.465 e. The summed E-state index contributed by atoms with van der Waals surface area (Å²) in [5, 5.41) is 0.901. The zero-order valence-corrected chi connectivity index (χ0v) is 20.3. The number of ether oxygens (including phenoxy) is 1. The molecule has 0 N–H and O–H groups in total. The van der Waals surface area contributed by atoms with Crippen molar-refractivity contribution < 1.29 is 14.3 Å². The fourth-order valence-corrected chi connectivity index (χ4v) is 5.14. The summed E-state index contributed by atoms with van der Waals surface area (Å²) in [5.74, 6) is -0.283. The van der Waals surface area contributed by atoms with E-state index in [1.165, 1.54) is 42.8 Å². The van der Waals surface area contributed by atoms with Crippen LogP contribution in [0.2, 0.25) is 10.0 Å². The third-order valence-electron chi connectivity index (χ3n) is 6.39. The van der Waals surface area contributed by atoms with Crippen LogP contribution in [0.15, 0.2) is 41.6 Å². The smallest absolute Gasteiger partial charge is 0.339 e. The van der Waals surface area contributed by atoms with E-state index in [-0.39, 0.29) is 28.2 Å². The molecule has 2 heterocycles. The zero-order valence-electron chi connectivity index (χ0n) is 18.8. The van der Waals surface area contributed by atoms with Crippen LogP contribution < -0.4 is 5.56 Å². The van der Waals surface area contributed by atoms with Crippen LogP contribution >= 0.6 is 23.2 Å². The fraction of sp³-hybridized carbons (Fsp3) is 0.400. The summed E-state index contributed by atoms with van der Waals surface area (Å²) in [4.78, 5) is 47.2. The SMILES string of the molecule is COC(=O)c1ccc(CC(=O)C(CC2CCCCC2)n2cnc3c(Cl)cc(Cl)cc3c2=O)nc1. The number of Topliss-reactive ketones (excluding diaryl/α,β-unsaturated/α-hetero) is 1. The van der Waals surface area contributed by atoms with Crippen molar-refractivity contribution in [3.63, 3.8) is 0 Å². The average molecular weight is 502 g/mol. The quantitative estimate of drug-likeness (QED) is 0.412. The number of carbonyl (C=O) groups is 2. The van der Waals surface area contributed by atoms with Crippen LogP contribution in [0.3, 0.4) is 0 Å². The summed E-state index contributed by atoms with van der Waals surface area (Å²) in [6.07, 6.45) is 8.88. The van der Waals surface area contributed by atoms with Crippen molar-refractivity contribution in [3.05, 3.63) is 68.4 Å². The number of hydrogen-bond donors (Lipinski definition) is 0. The van der Waals surface area contributed by atoms with Crippen molar-refractivity contribution >= 4 is 45.9 Å². The Morgan fingerprint density at radius 1 is 1.15 bits per heavy atom. The number of halogens is 2. The first-order valence-electron chi connectivity index (χ1n) is 11.3. The number of pyridine rings is 1. The first-order valence-corrected chi connectivity index (χ1v) is 12.0. The number of methoxy groups -OCH3 is 1. The van der Waals surface area contributed by atoms with Gasteiger partial charge in [0, 0.05) is 16.9 Å². The van der Waals surface area contributed by atoms with E-state index in [1.807, 2.05) is 0 Å². The number of carbonyl (C=O) groups excluding carboxylic acids is 2. The predicted molar refractivity (Wildman–Crippen MR) is 131 cm³/mol. The van der Waals surface area contributed by atoms with Gasteiger partial charge in [0.2, 0.25) is 0 Å². The minimum Gasteiger partial charge on any atom is -0.465 e. The van der Waals surface area contributed by atoms with E-state index in [1.54, 1.807) is 12.1 Å². The molecule has 1 aliphatic carbocycles. The molecule has 0 spiro atoms. The number of ketones is 1. The summed E-state index contributed by atoms with van der Waals surface area (Å²) in [6.45, 7) is 0. The van der Waals surface area contributed by atoms with Crippen molar-refractivity contribution in [2.45, 2.75) is 51.0 Å². The predicted octanol–water partition coefficient (Wildman–Crippen LogP) is 5.21. The van der Waals surface area contributed by atoms with E-state index in [4.69, 9.17) is 27.9 Å². The van der Waals surface area contributed by atoms with Gasteiger partial charge in [0.1, 0.15) is 0 Å². The van der Waals surface area contributed by atoms with Gasteiger partial charge < -0.3 is 4.74 Å². The molecule has 0 saturated heterocycles. The van der Waals surface area contributed by atoms with Crippen molar-refractivity contribution in [2.24, 2.45) is 5.92 Å². The Bertz CT molecular complexity index is 1270. The highest BCUT2D eigenvalue weighted by atomic mass is 35.5. The second-order valence-corrected chi connectivity index (χ2v) is 9.51. The maximum atomic E-state index is 13.5. The summed E-state index contributed by atoms with van der Waals surface area (Å²) in [6, 6.07) is 5.58. The van der Waals surface area contributed by atoms with E-state index in [0.29, 0.717) is 34.1 Å². The lowest BCUT2D eigenvalue weighted by atomic mass is 9.83. The molecule has 1 fully saturated rings. The van der Waals surface area contributed by atoms with Gasteiger partial charge >= 0.3 is 5.97 Å². The van der Waals surface area contributed by atoms with E-state index >= 15 is 0 Å². The second-order valence-electron chi connectivity index (χ2n) is 8.67. The van der Waals surface area contributed by atoms with Crippen LogP contribution in [-0.2, 0) is 16.0 Å². The highest BCUT2D eigenvalue weighted by molar-refractivity contribution is 6.38. The van der Waals surface area contributed by atoms with Gasteiger partial charge in [-0.05, 0) is 36.6 Å². The molecule has 0 radical (unpaired) electrons.